The van der Waals surface area contributed by atoms with Crippen LogP contribution in [0.2, 0.25) is 5.02 Å². The van der Waals surface area contributed by atoms with Gasteiger partial charge in [-0.25, -0.2) is 4.79 Å². The molecule has 0 aliphatic carbocycles. The zero-order valence-electron chi connectivity index (χ0n) is 10.8. The molecule has 0 saturated carbocycles. The van der Waals surface area contributed by atoms with E-state index in [9.17, 15) is 4.79 Å². The average molecular weight is 297 g/mol. The number of nitrogens with zero attached hydrogens (tertiary/aromatic N) is 2. The van der Waals surface area contributed by atoms with Gasteiger partial charge in [-0.15, -0.1) is 0 Å². The number of benzene rings is 2. The molecule has 2 aromatic carbocycles. The van der Waals surface area contributed by atoms with E-state index in [0.29, 0.717) is 22.0 Å². The zero-order chi connectivity index (χ0) is 14.7. The third kappa shape index (κ3) is 3.08. The predicted molar refractivity (Wildman–Crippen MR) is 83.1 cm³/mol. The molecule has 0 amide bonds. The second-order valence-corrected chi connectivity index (χ2v) is 4.68. The molecule has 0 radical (unpaired) electrons. The molecule has 3 aromatic rings. The molecule has 0 bridgehead atoms. The largest absolute Gasteiger partial charge is 0.423 e. The highest BCUT2D eigenvalue weighted by atomic mass is 35.5. The van der Waals surface area contributed by atoms with Crippen molar-refractivity contribution in [3.05, 3.63) is 70.0 Å². The molecule has 3 rings (SSSR count). The van der Waals surface area contributed by atoms with Crippen LogP contribution in [-0.4, -0.2) is 6.01 Å². The molecule has 0 fully saturated rings. The van der Waals surface area contributed by atoms with Crippen molar-refractivity contribution in [1.29, 1.82) is 0 Å². The highest BCUT2D eigenvalue weighted by Crippen LogP contribution is 2.23. The molecule has 0 spiro atoms. The third-order valence-corrected chi connectivity index (χ3v) is 3.06. The summed E-state index contributed by atoms with van der Waals surface area (Å²) in [6.07, 6.45) is 0. The lowest BCUT2D eigenvalue weighted by Gasteiger charge is -1.97. The van der Waals surface area contributed by atoms with Crippen LogP contribution in [-0.2, 0) is 0 Å². The van der Waals surface area contributed by atoms with Gasteiger partial charge in [0.2, 0.25) is 0 Å². The molecular formula is C16H9ClN2O2. The van der Waals surface area contributed by atoms with Crippen LogP contribution in [0, 0.1) is 0 Å². The minimum Gasteiger partial charge on any atom is -0.423 e. The number of hydrogen-bond donors (Lipinski definition) is 0. The second kappa shape index (κ2) is 5.75. The van der Waals surface area contributed by atoms with Gasteiger partial charge in [0.15, 0.2) is 0 Å². The summed E-state index contributed by atoms with van der Waals surface area (Å²) in [6, 6.07) is 18.0. The van der Waals surface area contributed by atoms with Crippen molar-refractivity contribution in [3.63, 3.8) is 0 Å². The van der Waals surface area contributed by atoms with E-state index in [0.717, 1.165) is 5.39 Å². The molecule has 1 heterocycles. The first-order valence-electron chi connectivity index (χ1n) is 6.17. The molecule has 5 heteroatoms. The quantitative estimate of drug-likeness (QED) is 0.513. The minimum absolute atomic E-state index is 0.458. The summed E-state index contributed by atoms with van der Waals surface area (Å²) in [4.78, 5) is 19.6. The molecule has 0 unspecified atom stereocenters. The number of fused-ring (bicyclic) bond motifs is 1. The van der Waals surface area contributed by atoms with Gasteiger partial charge in [0.25, 0.3) is 0 Å². The van der Waals surface area contributed by atoms with Gasteiger partial charge < -0.3 is 4.42 Å². The number of para-hydroxylation sites is 1. The maximum atomic E-state index is 11.5. The average Bonchev–Trinajstić information content (AvgIpc) is 2.49. The summed E-state index contributed by atoms with van der Waals surface area (Å²) in [5.74, 6) is 0. The van der Waals surface area contributed by atoms with Crippen molar-refractivity contribution < 1.29 is 4.42 Å². The van der Waals surface area contributed by atoms with Crippen LogP contribution in [0.3, 0.4) is 0 Å². The lowest BCUT2D eigenvalue weighted by atomic mass is 10.2. The van der Waals surface area contributed by atoms with Crippen molar-refractivity contribution in [2.45, 2.75) is 0 Å². The van der Waals surface area contributed by atoms with Crippen molar-refractivity contribution >= 4 is 40.0 Å². The standard InChI is InChI=1S/C16H9ClN2O2/c17-11-5-7-12(8-6-11)18-10-19-14-9-16(20)21-15-4-2-1-3-13(14)15/h1-9H. The van der Waals surface area contributed by atoms with Crippen LogP contribution < -0.4 is 5.63 Å². The number of rotatable bonds is 2. The Morgan fingerprint density at radius 2 is 1.76 bits per heavy atom. The first-order valence-corrected chi connectivity index (χ1v) is 6.55. The van der Waals surface area contributed by atoms with Crippen molar-refractivity contribution in [1.82, 2.24) is 0 Å². The second-order valence-electron chi connectivity index (χ2n) is 4.25. The van der Waals surface area contributed by atoms with E-state index in [2.05, 4.69) is 16.0 Å². The summed E-state index contributed by atoms with van der Waals surface area (Å²) in [5.41, 5.74) is 1.17. The van der Waals surface area contributed by atoms with Gasteiger partial charge in [-0.05, 0) is 36.4 Å². The molecule has 21 heavy (non-hydrogen) atoms. The van der Waals surface area contributed by atoms with Gasteiger partial charge in [0.05, 0.1) is 17.4 Å². The maximum absolute atomic E-state index is 11.5. The highest BCUT2D eigenvalue weighted by molar-refractivity contribution is 6.30. The van der Waals surface area contributed by atoms with Gasteiger partial charge in [0, 0.05) is 10.4 Å². The van der Waals surface area contributed by atoms with Crippen LogP contribution in [0.5, 0.6) is 0 Å². The first-order chi connectivity index (χ1) is 10.2. The summed E-state index contributed by atoms with van der Waals surface area (Å²) in [5, 5.41) is 1.37. The molecule has 0 saturated heterocycles. The molecule has 0 aliphatic heterocycles. The number of aliphatic imine (C=N–C) groups is 2. The van der Waals surface area contributed by atoms with Crippen LogP contribution >= 0.6 is 11.6 Å². The van der Waals surface area contributed by atoms with Gasteiger partial charge >= 0.3 is 5.63 Å². The van der Waals surface area contributed by atoms with Crippen LogP contribution in [0.25, 0.3) is 11.0 Å². The van der Waals surface area contributed by atoms with Crippen LogP contribution in [0.4, 0.5) is 11.4 Å². The Morgan fingerprint density at radius 1 is 1.00 bits per heavy atom. The SMILES string of the molecule is O=c1cc(N=C=Nc2ccc(Cl)cc2)c2ccccc2o1. The zero-order valence-corrected chi connectivity index (χ0v) is 11.5. The first kappa shape index (κ1) is 13.3. The summed E-state index contributed by atoms with van der Waals surface area (Å²) in [6.45, 7) is 0. The molecule has 4 nitrogen and oxygen atoms in total. The normalized spacial score (nSPS) is 10.1. The monoisotopic (exact) mass is 296 g/mol. The highest BCUT2D eigenvalue weighted by Gasteiger charge is 2.02. The van der Waals surface area contributed by atoms with E-state index in [1.54, 1.807) is 36.4 Å². The lowest BCUT2D eigenvalue weighted by molar-refractivity contribution is 0.561. The van der Waals surface area contributed by atoms with E-state index < -0.39 is 5.63 Å². The Kier molecular flexibility index (Phi) is 3.65. The van der Waals surface area contributed by atoms with E-state index in [1.165, 1.54) is 6.07 Å². The molecule has 0 atom stereocenters. The Morgan fingerprint density at radius 3 is 2.57 bits per heavy atom. The van der Waals surface area contributed by atoms with Crippen molar-refractivity contribution in [2.24, 2.45) is 9.98 Å². The van der Waals surface area contributed by atoms with Gasteiger partial charge in [0.1, 0.15) is 11.6 Å². The van der Waals surface area contributed by atoms with Crippen molar-refractivity contribution in [2.75, 3.05) is 0 Å². The predicted octanol–water partition coefficient (Wildman–Crippen LogP) is 4.58. The fraction of sp³-hybridized carbons (Fsp3) is 0. The molecule has 0 N–H and O–H groups in total. The molecular weight excluding hydrogens is 288 g/mol. The van der Waals surface area contributed by atoms with Gasteiger partial charge in [-0.2, -0.15) is 9.98 Å². The van der Waals surface area contributed by atoms with E-state index in [-0.39, 0.29) is 0 Å². The van der Waals surface area contributed by atoms with E-state index >= 15 is 0 Å². The molecule has 0 aliphatic rings. The summed E-state index contributed by atoms with van der Waals surface area (Å²) in [7, 11) is 0. The van der Waals surface area contributed by atoms with Gasteiger partial charge in [-0.1, -0.05) is 23.7 Å². The Balaban J connectivity index is 2.03. The topological polar surface area (TPSA) is 54.9 Å². The van der Waals surface area contributed by atoms with Crippen LogP contribution in [0.15, 0.2) is 73.8 Å². The molecule has 1 aromatic heterocycles. The molecule has 102 valence electrons. The fourth-order valence-corrected chi connectivity index (χ4v) is 1.97. The maximum Gasteiger partial charge on any atom is 0.338 e. The number of halogens is 1. The van der Waals surface area contributed by atoms with E-state index in [1.807, 2.05) is 12.1 Å². The van der Waals surface area contributed by atoms with Crippen molar-refractivity contribution in [3.8, 4) is 0 Å². The Bertz CT molecular complexity index is 907. The number of hydrogen-bond acceptors (Lipinski definition) is 4. The Labute approximate surface area is 125 Å². The minimum atomic E-state index is -0.458. The Hall–Kier alpha value is -2.68. The van der Waals surface area contributed by atoms with Gasteiger partial charge in [-0.3, -0.25) is 0 Å². The van der Waals surface area contributed by atoms with E-state index in [4.69, 9.17) is 16.0 Å². The summed E-state index contributed by atoms with van der Waals surface area (Å²) < 4.78 is 5.09. The smallest absolute Gasteiger partial charge is 0.338 e. The third-order valence-electron chi connectivity index (χ3n) is 2.80. The van der Waals surface area contributed by atoms with Crippen LogP contribution in [0.1, 0.15) is 0 Å². The summed E-state index contributed by atoms with van der Waals surface area (Å²) >= 11 is 5.79. The lowest BCUT2D eigenvalue weighted by Crippen LogP contribution is -1.94. The fourth-order valence-electron chi connectivity index (χ4n) is 1.84.